The van der Waals surface area contributed by atoms with Crippen LogP contribution in [0.4, 0.5) is 0 Å². The van der Waals surface area contributed by atoms with E-state index in [1.807, 2.05) is 0 Å². The third-order valence-electron chi connectivity index (χ3n) is 6.86. The maximum atomic E-state index is 12.3. The van der Waals surface area contributed by atoms with Crippen LogP contribution in [0.1, 0.15) is 5.56 Å². The third kappa shape index (κ3) is 6.45. The first-order valence-electron chi connectivity index (χ1n) is 13.2. The number of aliphatic hydroxyl groups excluding tert-OH is 3. The molecule has 1 aliphatic heterocycles. The number of carbonyl (C=O) groups is 1. The average Bonchev–Trinajstić information content (AvgIpc) is 3.00. The Morgan fingerprint density at radius 2 is 1.61 bits per heavy atom. The molecule has 7 N–H and O–H groups in total. The normalized spacial score (nSPS) is 21.8. The number of ether oxygens (including phenoxy) is 4. The van der Waals surface area contributed by atoms with Crippen LogP contribution in [0.15, 0.2) is 71.2 Å². The fraction of sp³-hybridized carbons (Fsp3) is 0.226. The standard InChI is InChI=1S/C31H28O13/c1-40-23-10-16(5-8-20(23)34)30-24(13-19-21(35)11-18(33)12-22(19)42-30)43-31-29(39)28(38)27(37)25(44-31)14-41-26(36)9-4-15-2-6-17(32)7-3-15/h2-13,25,27-29,31,37-39H,14H2,1H3,(H3-,32,33,34,35,36)/p+1/t25?,27-,28?,29?,31-/m1/s1. The fourth-order valence-corrected chi connectivity index (χ4v) is 4.53. The number of benzene rings is 3. The van der Waals surface area contributed by atoms with Gasteiger partial charge in [0, 0.05) is 24.3 Å². The number of phenols is 4. The minimum absolute atomic E-state index is 0.000410. The van der Waals surface area contributed by atoms with Gasteiger partial charge >= 0.3 is 17.3 Å². The Hall–Kier alpha value is -5.08. The lowest BCUT2D eigenvalue weighted by molar-refractivity contribution is -0.278. The molecule has 4 aromatic rings. The molecular weight excluding hydrogens is 580 g/mol. The van der Waals surface area contributed by atoms with Gasteiger partial charge in [-0.25, -0.2) is 9.21 Å². The van der Waals surface area contributed by atoms with Crippen LogP contribution in [-0.4, -0.2) is 86.1 Å². The lowest BCUT2D eigenvalue weighted by Gasteiger charge is -2.39. The number of aliphatic hydroxyl groups is 3. The summed E-state index contributed by atoms with van der Waals surface area (Å²) < 4.78 is 27.9. The van der Waals surface area contributed by atoms with Crippen LogP contribution in [0.2, 0.25) is 0 Å². The topological polar surface area (TPSA) is 207 Å². The maximum absolute atomic E-state index is 12.3. The first-order valence-corrected chi connectivity index (χ1v) is 13.2. The largest absolute Gasteiger partial charge is 0.508 e. The SMILES string of the molecule is COc1cc(-c2[o+]c3cc(O)cc(O)c3cc2O[C@@H]2OC(COC(=O)/C=C/c3ccc(O)cc3)[C@@H](O)C(O)C2O)ccc1O. The molecule has 0 aliphatic carbocycles. The zero-order chi connectivity index (χ0) is 31.5. The lowest BCUT2D eigenvalue weighted by atomic mass is 9.99. The molecule has 1 aliphatic rings. The Morgan fingerprint density at radius 3 is 2.34 bits per heavy atom. The van der Waals surface area contributed by atoms with Crippen molar-refractivity contribution in [3.05, 3.63) is 72.3 Å². The van der Waals surface area contributed by atoms with Gasteiger partial charge < -0.3 is 54.7 Å². The molecule has 13 heteroatoms. The summed E-state index contributed by atoms with van der Waals surface area (Å²) in [6.07, 6.45) is -5.60. The van der Waals surface area contributed by atoms with Crippen molar-refractivity contribution in [1.29, 1.82) is 0 Å². The van der Waals surface area contributed by atoms with Crippen LogP contribution in [-0.2, 0) is 14.3 Å². The molecule has 3 unspecified atom stereocenters. The molecular formula is C31H29O13+. The van der Waals surface area contributed by atoms with Gasteiger partial charge in [0.25, 0.3) is 0 Å². The van der Waals surface area contributed by atoms with Crippen molar-refractivity contribution in [3.8, 4) is 45.8 Å². The molecule has 13 nitrogen and oxygen atoms in total. The highest BCUT2D eigenvalue weighted by Crippen LogP contribution is 2.42. The molecule has 0 amide bonds. The van der Waals surface area contributed by atoms with Crippen molar-refractivity contribution in [2.75, 3.05) is 13.7 Å². The Kier molecular flexibility index (Phi) is 8.73. The summed E-state index contributed by atoms with van der Waals surface area (Å²) in [5.41, 5.74) is 0.989. The fourth-order valence-electron chi connectivity index (χ4n) is 4.53. The van der Waals surface area contributed by atoms with Crippen LogP contribution in [0, 0.1) is 0 Å². The van der Waals surface area contributed by atoms with Crippen LogP contribution in [0.3, 0.4) is 0 Å². The maximum Gasteiger partial charge on any atom is 0.402 e. The monoisotopic (exact) mass is 609 g/mol. The molecule has 3 aromatic carbocycles. The molecule has 1 fully saturated rings. The van der Waals surface area contributed by atoms with E-state index < -0.39 is 43.3 Å². The molecule has 44 heavy (non-hydrogen) atoms. The van der Waals surface area contributed by atoms with Crippen LogP contribution >= 0.6 is 0 Å². The quantitative estimate of drug-likeness (QED) is 0.0872. The Labute approximate surface area is 249 Å². The van der Waals surface area contributed by atoms with E-state index in [1.165, 1.54) is 55.7 Å². The highest BCUT2D eigenvalue weighted by atomic mass is 16.7. The number of hydrogen-bond donors (Lipinski definition) is 7. The molecule has 0 saturated carbocycles. The van der Waals surface area contributed by atoms with Gasteiger partial charge in [-0.05, 0) is 35.9 Å². The van der Waals surface area contributed by atoms with Gasteiger partial charge in [0.2, 0.25) is 12.0 Å². The molecule has 0 spiro atoms. The summed E-state index contributed by atoms with van der Waals surface area (Å²) in [6, 6.07) is 14.0. The summed E-state index contributed by atoms with van der Waals surface area (Å²) in [4.78, 5) is 12.3. The second-order valence-corrected chi connectivity index (χ2v) is 9.89. The Morgan fingerprint density at radius 1 is 0.864 bits per heavy atom. The Bertz CT molecular complexity index is 1680. The highest BCUT2D eigenvalue weighted by Gasteiger charge is 2.46. The first kappa shape index (κ1) is 30.4. The smallest absolute Gasteiger partial charge is 0.402 e. The number of rotatable bonds is 8. The van der Waals surface area contributed by atoms with Crippen molar-refractivity contribution in [2.24, 2.45) is 0 Å². The van der Waals surface area contributed by atoms with Gasteiger partial charge in [-0.2, -0.15) is 0 Å². The number of esters is 1. The second-order valence-electron chi connectivity index (χ2n) is 9.89. The van der Waals surface area contributed by atoms with E-state index in [0.29, 0.717) is 11.1 Å². The number of carbonyl (C=O) groups excluding carboxylic acids is 1. The van der Waals surface area contributed by atoms with Crippen molar-refractivity contribution in [3.63, 3.8) is 0 Å². The highest BCUT2D eigenvalue weighted by molar-refractivity contribution is 5.89. The molecule has 1 saturated heterocycles. The van der Waals surface area contributed by atoms with E-state index in [4.69, 9.17) is 23.4 Å². The number of fused-ring (bicyclic) bond motifs is 1. The second kappa shape index (κ2) is 12.7. The van der Waals surface area contributed by atoms with Gasteiger partial charge in [-0.1, -0.05) is 12.1 Å². The van der Waals surface area contributed by atoms with Crippen molar-refractivity contribution >= 4 is 23.0 Å². The predicted octanol–water partition coefficient (Wildman–Crippen LogP) is 2.65. The molecule has 5 atom stereocenters. The van der Waals surface area contributed by atoms with Gasteiger partial charge in [0.1, 0.15) is 53.7 Å². The van der Waals surface area contributed by atoms with Crippen LogP contribution in [0.5, 0.6) is 34.5 Å². The zero-order valence-corrected chi connectivity index (χ0v) is 23.1. The van der Waals surface area contributed by atoms with Crippen molar-refractivity contribution < 1.29 is 63.9 Å². The van der Waals surface area contributed by atoms with E-state index >= 15 is 0 Å². The van der Waals surface area contributed by atoms with Gasteiger partial charge in [0.05, 0.1) is 18.7 Å². The third-order valence-corrected chi connectivity index (χ3v) is 6.86. The summed E-state index contributed by atoms with van der Waals surface area (Å²) in [6.45, 7) is -0.520. The van der Waals surface area contributed by atoms with Gasteiger partial charge in [-0.3, -0.25) is 0 Å². The molecule has 5 rings (SSSR count). The van der Waals surface area contributed by atoms with E-state index in [-0.39, 0.29) is 51.2 Å². The zero-order valence-electron chi connectivity index (χ0n) is 23.1. The summed E-state index contributed by atoms with van der Waals surface area (Å²) in [5, 5.41) is 71.8. The minimum Gasteiger partial charge on any atom is -0.508 e. The van der Waals surface area contributed by atoms with Crippen molar-refractivity contribution in [2.45, 2.75) is 30.7 Å². The predicted molar refractivity (Wildman–Crippen MR) is 153 cm³/mol. The Balaban J connectivity index is 1.41. The van der Waals surface area contributed by atoms with E-state index in [2.05, 4.69) is 0 Å². The number of phenolic OH excluding ortho intramolecular Hbond substituents is 4. The lowest BCUT2D eigenvalue weighted by Crippen LogP contribution is -2.60. The number of methoxy groups -OCH3 is 1. The molecule has 1 aromatic heterocycles. The van der Waals surface area contributed by atoms with E-state index in [0.717, 1.165) is 12.1 Å². The summed E-state index contributed by atoms with van der Waals surface area (Å²) >= 11 is 0. The van der Waals surface area contributed by atoms with Crippen LogP contribution < -0.4 is 9.47 Å². The van der Waals surface area contributed by atoms with Crippen molar-refractivity contribution in [1.82, 2.24) is 0 Å². The minimum atomic E-state index is -1.78. The first-order chi connectivity index (χ1) is 21.0. The molecule has 2 heterocycles. The molecule has 0 bridgehead atoms. The number of aromatic hydroxyl groups is 4. The molecule has 230 valence electrons. The summed E-state index contributed by atoms with van der Waals surface area (Å²) in [5.74, 6) is -1.53. The van der Waals surface area contributed by atoms with E-state index in [1.54, 1.807) is 12.1 Å². The van der Waals surface area contributed by atoms with Crippen LogP contribution in [0.25, 0.3) is 28.4 Å². The van der Waals surface area contributed by atoms with E-state index in [9.17, 15) is 40.5 Å². The van der Waals surface area contributed by atoms with Gasteiger partial charge in [-0.15, -0.1) is 0 Å². The molecule has 0 radical (unpaired) electrons. The summed E-state index contributed by atoms with van der Waals surface area (Å²) in [7, 11) is 1.35. The average molecular weight is 610 g/mol. The number of hydrogen-bond acceptors (Lipinski definition) is 12. The van der Waals surface area contributed by atoms with Gasteiger partial charge in [0.15, 0.2) is 11.5 Å².